The Morgan fingerprint density at radius 3 is 3.10 bits per heavy atom. The third kappa shape index (κ3) is 3.32. The molecule has 2 aliphatic rings. The molecule has 1 fully saturated rings. The number of amides is 1. The van der Waals surface area contributed by atoms with Gasteiger partial charge in [-0.1, -0.05) is 11.2 Å². The van der Waals surface area contributed by atoms with Crippen LogP contribution in [0.3, 0.4) is 0 Å². The highest BCUT2D eigenvalue weighted by molar-refractivity contribution is 5.88. The Morgan fingerprint density at radius 2 is 2.17 bits per heavy atom. The quantitative estimate of drug-likeness (QED) is 0.717. The molecule has 2 aromatic heterocycles. The van der Waals surface area contributed by atoms with Gasteiger partial charge in [-0.2, -0.15) is 4.98 Å². The van der Waals surface area contributed by atoms with Gasteiger partial charge in [-0.3, -0.25) is 4.79 Å². The molecule has 1 aromatic carbocycles. The van der Waals surface area contributed by atoms with Gasteiger partial charge in [0.2, 0.25) is 12.7 Å². The van der Waals surface area contributed by atoms with Crippen LogP contribution in [-0.2, 0) is 11.3 Å². The molecular weight excluding hydrogens is 374 g/mol. The smallest absolute Gasteiger partial charge is 0.263 e. The molecule has 2 aliphatic heterocycles. The predicted molar refractivity (Wildman–Crippen MR) is 104 cm³/mol. The van der Waals surface area contributed by atoms with Crippen molar-refractivity contribution < 1.29 is 18.8 Å². The molecular formula is C20H21N5O4. The number of piperidine rings is 1. The van der Waals surface area contributed by atoms with E-state index in [1.54, 1.807) is 0 Å². The number of benzene rings is 1. The van der Waals surface area contributed by atoms with Gasteiger partial charge in [0.05, 0.1) is 11.6 Å². The van der Waals surface area contributed by atoms with Crippen molar-refractivity contribution in [3.05, 3.63) is 35.8 Å². The molecule has 0 bridgehead atoms. The molecule has 150 valence electrons. The second-order valence-electron chi connectivity index (χ2n) is 7.34. The lowest BCUT2D eigenvalue weighted by atomic mass is 9.96. The van der Waals surface area contributed by atoms with Crippen molar-refractivity contribution in [1.29, 1.82) is 0 Å². The summed E-state index contributed by atoms with van der Waals surface area (Å²) in [4.78, 5) is 23.5. The topological polar surface area (TPSA) is 103 Å². The predicted octanol–water partition coefficient (Wildman–Crippen LogP) is 2.19. The van der Waals surface area contributed by atoms with Crippen LogP contribution in [0.1, 0.15) is 24.1 Å². The van der Waals surface area contributed by atoms with E-state index in [4.69, 9.17) is 14.0 Å². The van der Waals surface area contributed by atoms with Crippen LogP contribution in [0.25, 0.3) is 11.1 Å². The van der Waals surface area contributed by atoms with Crippen LogP contribution in [0.4, 0.5) is 5.82 Å². The first-order valence-corrected chi connectivity index (χ1v) is 9.67. The number of anilines is 1. The van der Waals surface area contributed by atoms with Gasteiger partial charge in [-0.05, 0) is 37.5 Å². The minimum atomic E-state index is -0.108. The fourth-order valence-corrected chi connectivity index (χ4v) is 3.91. The maximum Gasteiger partial charge on any atom is 0.263 e. The van der Waals surface area contributed by atoms with Crippen molar-refractivity contribution in [3.63, 3.8) is 0 Å². The molecule has 1 atom stereocenters. The largest absolute Gasteiger partial charge is 0.454 e. The van der Waals surface area contributed by atoms with E-state index < -0.39 is 0 Å². The molecule has 1 saturated heterocycles. The Morgan fingerprint density at radius 1 is 1.28 bits per heavy atom. The molecule has 3 aromatic rings. The van der Waals surface area contributed by atoms with Crippen molar-refractivity contribution in [2.24, 2.45) is 5.92 Å². The Kier molecular flexibility index (Phi) is 4.42. The van der Waals surface area contributed by atoms with Crippen LogP contribution in [0.5, 0.6) is 11.5 Å². The third-order valence-electron chi connectivity index (χ3n) is 5.42. The fourth-order valence-electron chi connectivity index (χ4n) is 3.91. The molecule has 9 heteroatoms. The van der Waals surface area contributed by atoms with E-state index in [-0.39, 0.29) is 18.6 Å². The Balaban J connectivity index is 1.26. The Hall–Kier alpha value is -3.36. The molecule has 1 N–H and O–H groups in total. The zero-order valence-electron chi connectivity index (χ0n) is 16.1. The standard InChI is InChI=1S/C20H21N5O4/c1-12-17-18(22-10-23-20(17)29-24-12)25-6-2-3-14(9-25)19(26)21-8-13-4-5-15-16(7-13)28-11-27-15/h4-5,7,10,14H,2-3,6,8-9,11H2,1H3,(H,21,26)/t14-/m0/s1. The van der Waals surface area contributed by atoms with Crippen molar-refractivity contribution in [3.8, 4) is 11.5 Å². The van der Waals surface area contributed by atoms with Crippen molar-refractivity contribution in [1.82, 2.24) is 20.4 Å². The van der Waals surface area contributed by atoms with Gasteiger partial charge in [0, 0.05) is 19.6 Å². The monoisotopic (exact) mass is 395 g/mol. The van der Waals surface area contributed by atoms with Crippen LogP contribution < -0.4 is 19.7 Å². The van der Waals surface area contributed by atoms with E-state index in [1.165, 1.54) is 6.33 Å². The lowest BCUT2D eigenvalue weighted by Gasteiger charge is -2.33. The maximum atomic E-state index is 12.8. The highest BCUT2D eigenvalue weighted by Crippen LogP contribution is 2.33. The number of nitrogens with zero attached hydrogens (tertiary/aromatic N) is 4. The highest BCUT2D eigenvalue weighted by atomic mass is 16.7. The van der Waals surface area contributed by atoms with Crippen LogP contribution in [0.15, 0.2) is 29.0 Å². The van der Waals surface area contributed by atoms with Gasteiger partial charge in [-0.15, -0.1) is 0 Å². The van der Waals surface area contributed by atoms with E-state index in [2.05, 4.69) is 25.3 Å². The summed E-state index contributed by atoms with van der Waals surface area (Å²) < 4.78 is 16.0. The first-order chi connectivity index (χ1) is 14.2. The van der Waals surface area contributed by atoms with Crippen molar-refractivity contribution >= 4 is 22.8 Å². The summed E-state index contributed by atoms with van der Waals surface area (Å²) in [5, 5.41) is 7.85. The molecule has 0 saturated carbocycles. The molecule has 0 spiro atoms. The summed E-state index contributed by atoms with van der Waals surface area (Å²) in [6, 6.07) is 5.71. The van der Waals surface area contributed by atoms with E-state index >= 15 is 0 Å². The molecule has 9 nitrogen and oxygen atoms in total. The number of rotatable bonds is 4. The van der Waals surface area contributed by atoms with E-state index in [9.17, 15) is 4.79 Å². The number of aromatic nitrogens is 3. The minimum Gasteiger partial charge on any atom is -0.454 e. The lowest BCUT2D eigenvalue weighted by molar-refractivity contribution is -0.125. The van der Waals surface area contributed by atoms with Gasteiger partial charge in [0.25, 0.3) is 5.71 Å². The van der Waals surface area contributed by atoms with E-state index in [1.807, 2.05) is 25.1 Å². The Labute approximate surface area is 167 Å². The van der Waals surface area contributed by atoms with Crippen LogP contribution in [0.2, 0.25) is 0 Å². The zero-order chi connectivity index (χ0) is 19.8. The molecule has 5 rings (SSSR count). The summed E-state index contributed by atoms with van der Waals surface area (Å²) in [5.41, 5.74) is 2.21. The SMILES string of the molecule is Cc1noc2ncnc(N3CCC[C@H](C(=O)NCc4ccc5c(c4)OCO5)C3)c12. The minimum absolute atomic E-state index is 0.0414. The average Bonchev–Trinajstić information content (AvgIpc) is 3.38. The van der Waals surface area contributed by atoms with Crippen LogP contribution in [-0.4, -0.2) is 40.9 Å². The summed E-state index contributed by atoms with van der Waals surface area (Å²) in [6.45, 7) is 4.00. The summed E-state index contributed by atoms with van der Waals surface area (Å²) >= 11 is 0. The van der Waals surface area contributed by atoms with E-state index in [0.717, 1.165) is 53.3 Å². The van der Waals surface area contributed by atoms with Gasteiger partial charge >= 0.3 is 0 Å². The molecule has 0 aliphatic carbocycles. The number of hydrogen-bond donors (Lipinski definition) is 1. The average molecular weight is 395 g/mol. The van der Waals surface area contributed by atoms with Gasteiger partial charge in [0.15, 0.2) is 11.5 Å². The number of hydrogen-bond acceptors (Lipinski definition) is 8. The summed E-state index contributed by atoms with van der Waals surface area (Å²) in [7, 11) is 0. The van der Waals surface area contributed by atoms with Gasteiger partial charge in [-0.25, -0.2) is 4.98 Å². The molecule has 0 unspecified atom stereocenters. The van der Waals surface area contributed by atoms with E-state index in [0.29, 0.717) is 18.8 Å². The zero-order valence-corrected chi connectivity index (χ0v) is 16.1. The number of nitrogens with one attached hydrogen (secondary N) is 1. The summed E-state index contributed by atoms with van der Waals surface area (Å²) in [6.07, 6.45) is 3.24. The first kappa shape index (κ1) is 17.7. The third-order valence-corrected chi connectivity index (χ3v) is 5.42. The van der Waals surface area contributed by atoms with Crippen LogP contribution in [0, 0.1) is 12.8 Å². The lowest BCUT2D eigenvalue weighted by Crippen LogP contribution is -2.43. The van der Waals surface area contributed by atoms with Gasteiger partial charge in [0.1, 0.15) is 17.5 Å². The molecule has 29 heavy (non-hydrogen) atoms. The van der Waals surface area contributed by atoms with Crippen molar-refractivity contribution in [2.45, 2.75) is 26.3 Å². The number of ether oxygens (including phenoxy) is 2. The molecule has 0 radical (unpaired) electrons. The number of fused-ring (bicyclic) bond motifs is 2. The highest BCUT2D eigenvalue weighted by Gasteiger charge is 2.28. The van der Waals surface area contributed by atoms with Crippen LogP contribution >= 0.6 is 0 Å². The normalized spacial score (nSPS) is 18.2. The molecule has 1 amide bonds. The first-order valence-electron chi connectivity index (χ1n) is 9.67. The summed E-state index contributed by atoms with van der Waals surface area (Å²) in [5.74, 6) is 2.17. The maximum absolute atomic E-state index is 12.8. The second kappa shape index (κ2) is 7.23. The number of carbonyl (C=O) groups is 1. The Bertz CT molecular complexity index is 1070. The molecule has 4 heterocycles. The fraction of sp³-hybridized carbons (Fsp3) is 0.400. The number of aryl methyl sites for hydroxylation is 1. The van der Waals surface area contributed by atoms with Gasteiger partial charge < -0.3 is 24.2 Å². The van der Waals surface area contributed by atoms with Crippen molar-refractivity contribution in [2.75, 3.05) is 24.8 Å². The number of carbonyl (C=O) groups excluding carboxylic acids is 1. The second-order valence-corrected chi connectivity index (χ2v) is 7.34.